The third-order valence-electron chi connectivity index (χ3n) is 3.81. The normalized spacial score (nSPS) is 19.1. The number of carboxylic acid groups (broad SMARTS) is 1. The molecule has 2 N–H and O–H groups in total. The molecule has 0 aromatic carbocycles. The van der Waals surface area contributed by atoms with Crippen LogP contribution in [0.3, 0.4) is 0 Å². The summed E-state index contributed by atoms with van der Waals surface area (Å²) < 4.78 is 0. The van der Waals surface area contributed by atoms with Crippen LogP contribution in [0.4, 0.5) is 4.79 Å². The third kappa shape index (κ3) is 5.49. The Hall–Kier alpha value is -1.26. The molecule has 0 atom stereocenters. The van der Waals surface area contributed by atoms with Gasteiger partial charge in [-0.3, -0.25) is 4.79 Å². The fourth-order valence-corrected chi connectivity index (χ4v) is 2.17. The Morgan fingerprint density at radius 2 is 1.79 bits per heavy atom. The molecular formula is C14H26N2O3. The summed E-state index contributed by atoms with van der Waals surface area (Å²) in [6.07, 6.45) is 2.53. The van der Waals surface area contributed by atoms with Crippen LogP contribution < -0.4 is 5.32 Å². The van der Waals surface area contributed by atoms with Gasteiger partial charge in [-0.1, -0.05) is 13.8 Å². The van der Waals surface area contributed by atoms with E-state index in [0.717, 1.165) is 25.9 Å². The number of rotatable bonds is 4. The first-order chi connectivity index (χ1) is 8.61. The van der Waals surface area contributed by atoms with Crippen LogP contribution >= 0.6 is 0 Å². The van der Waals surface area contributed by atoms with Gasteiger partial charge >= 0.3 is 12.0 Å². The second kappa shape index (κ2) is 5.80. The number of carboxylic acids is 1. The van der Waals surface area contributed by atoms with Gasteiger partial charge in [0.05, 0.1) is 0 Å². The van der Waals surface area contributed by atoms with Gasteiger partial charge in [0.2, 0.25) is 0 Å². The fourth-order valence-electron chi connectivity index (χ4n) is 2.17. The highest BCUT2D eigenvalue weighted by Crippen LogP contribution is 2.29. The van der Waals surface area contributed by atoms with Gasteiger partial charge in [-0.15, -0.1) is 0 Å². The van der Waals surface area contributed by atoms with Crippen LogP contribution in [0.15, 0.2) is 0 Å². The molecule has 0 radical (unpaired) electrons. The minimum atomic E-state index is -0.831. The summed E-state index contributed by atoms with van der Waals surface area (Å²) >= 11 is 0. The van der Waals surface area contributed by atoms with Crippen molar-refractivity contribution in [3.05, 3.63) is 0 Å². The largest absolute Gasteiger partial charge is 0.481 e. The summed E-state index contributed by atoms with van der Waals surface area (Å²) in [6, 6.07) is -0.0779. The molecule has 0 saturated carbocycles. The summed E-state index contributed by atoms with van der Waals surface area (Å²) in [5.74, 6) is -0.831. The number of aliphatic carboxylic acids is 1. The van der Waals surface area contributed by atoms with Crippen molar-refractivity contribution in [2.45, 2.75) is 58.9 Å². The van der Waals surface area contributed by atoms with E-state index in [1.807, 2.05) is 18.7 Å². The number of hydrogen-bond donors (Lipinski definition) is 2. The molecule has 19 heavy (non-hydrogen) atoms. The molecule has 0 bridgehead atoms. The number of piperidine rings is 1. The minimum absolute atomic E-state index is 0.0698. The average molecular weight is 270 g/mol. The predicted octanol–water partition coefficient (Wildman–Crippen LogP) is 2.46. The Kier molecular flexibility index (Phi) is 4.82. The molecule has 0 aromatic heterocycles. The van der Waals surface area contributed by atoms with E-state index in [-0.39, 0.29) is 12.5 Å². The first-order valence-electron chi connectivity index (χ1n) is 6.90. The zero-order valence-electron chi connectivity index (χ0n) is 12.5. The van der Waals surface area contributed by atoms with Gasteiger partial charge in [-0.25, -0.2) is 4.79 Å². The zero-order chi connectivity index (χ0) is 14.7. The van der Waals surface area contributed by atoms with E-state index >= 15 is 0 Å². The number of urea groups is 1. The molecule has 0 spiro atoms. The molecule has 2 amide bonds. The lowest BCUT2D eigenvalue weighted by molar-refractivity contribution is -0.137. The van der Waals surface area contributed by atoms with Crippen molar-refractivity contribution in [1.29, 1.82) is 0 Å². The van der Waals surface area contributed by atoms with Gasteiger partial charge < -0.3 is 15.3 Å². The van der Waals surface area contributed by atoms with E-state index in [0.29, 0.717) is 11.8 Å². The molecule has 5 heteroatoms. The number of carbonyl (C=O) groups excluding carboxylic acids is 1. The Morgan fingerprint density at radius 1 is 1.26 bits per heavy atom. The van der Waals surface area contributed by atoms with Crippen molar-refractivity contribution in [1.82, 2.24) is 10.2 Å². The first kappa shape index (κ1) is 15.8. The van der Waals surface area contributed by atoms with Gasteiger partial charge in [0.1, 0.15) is 0 Å². The summed E-state index contributed by atoms with van der Waals surface area (Å²) in [5.41, 5.74) is -0.169. The van der Waals surface area contributed by atoms with Crippen molar-refractivity contribution in [3.8, 4) is 0 Å². The van der Waals surface area contributed by atoms with Gasteiger partial charge in [0.15, 0.2) is 0 Å². The van der Waals surface area contributed by atoms with Gasteiger partial charge in [0.25, 0.3) is 0 Å². The molecule has 0 unspecified atom stereocenters. The number of nitrogens with zero attached hydrogens (tertiary/aromatic N) is 1. The Labute approximate surface area is 115 Å². The maximum absolute atomic E-state index is 12.1. The Morgan fingerprint density at radius 3 is 2.26 bits per heavy atom. The highest BCUT2D eigenvalue weighted by atomic mass is 16.4. The number of hydrogen-bond acceptors (Lipinski definition) is 2. The minimum Gasteiger partial charge on any atom is -0.481 e. The summed E-state index contributed by atoms with van der Waals surface area (Å²) in [4.78, 5) is 24.5. The number of likely N-dealkylation sites (tertiary alicyclic amines) is 1. The highest BCUT2D eigenvalue weighted by molar-refractivity contribution is 5.75. The zero-order valence-corrected chi connectivity index (χ0v) is 12.5. The number of nitrogens with one attached hydrogen (secondary N) is 1. The molecule has 0 aliphatic carbocycles. The molecule has 1 aliphatic heterocycles. The highest BCUT2D eigenvalue weighted by Gasteiger charge is 2.30. The molecule has 5 nitrogen and oxygen atoms in total. The van der Waals surface area contributed by atoms with Crippen LogP contribution in [0.5, 0.6) is 0 Å². The monoisotopic (exact) mass is 270 g/mol. The van der Waals surface area contributed by atoms with E-state index in [9.17, 15) is 9.59 Å². The van der Waals surface area contributed by atoms with Crippen molar-refractivity contribution >= 4 is 12.0 Å². The van der Waals surface area contributed by atoms with E-state index in [4.69, 9.17) is 5.11 Å². The molecule has 1 aliphatic rings. The van der Waals surface area contributed by atoms with Crippen molar-refractivity contribution in [2.75, 3.05) is 13.1 Å². The average Bonchev–Trinajstić information content (AvgIpc) is 2.25. The summed E-state index contributed by atoms with van der Waals surface area (Å²) in [7, 11) is 0. The van der Waals surface area contributed by atoms with Gasteiger partial charge in [-0.2, -0.15) is 0 Å². The predicted molar refractivity (Wildman–Crippen MR) is 74.1 cm³/mol. The molecule has 1 fully saturated rings. The molecule has 0 aromatic rings. The van der Waals surface area contributed by atoms with Crippen molar-refractivity contribution in [3.63, 3.8) is 0 Å². The van der Waals surface area contributed by atoms with Crippen molar-refractivity contribution < 1.29 is 14.7 Å². The van der Waals surface area contributed by atoms with Crippen LogP contribution in [0.1, 0.15) is 53.4 Å². The fraction of sp³-hybridized carbons (Fsp3) is 0.857. The van der Waals surface area contributed by atoms with E-state index in [1.54, 1.807) is 0 Å². The van der Waals surface area contributed by atoms with Crippen LogP contribution in [-0.4, -0.2) is 40.6 Å². The maximum Gasteiger partial charge on any atom is 0.317 e. The Bertz CT molecular complexity index is 341. The number of amides is 2. The smallest absolute Gasteiger partial charge is 0.317 e. The van der Waals surface area contributed by atoms with Gasteiger partial charge in [0, 0.05) is 25.0 Å². The summed E-state index contributed by atoms with van der Waals surface area (Å²) in [6.45, 7) is 9.71. The molecular weight excluding hydrogens is 244 g/mol. The Balaban J connectivity index is 2.44. The van der Waals surface area contributed by atoms with Crippen molar-refractivity contribution in [2.24, 2.45) is 5.41 Å². The summed E-state index contributed by atoms with van der Waals surface area (Å²) in [5, 5.41) is 11.6. The van der Waals surface area contributed by atoms with Crippen LogP contribution in [0.2, 0.25) is 0 Å². The second-order valence-electron chi connectivity index (χ2n) is 6.86. The molecule has 1 heterocycles. The topological polar surface area (TPSA) is 69.6 Å². The lowest BCUT2D eigenvalue weighted by Crippen LogP contribution is -2.52. The molecule has 110 valence electrons. The van der Waals surface area contributed by atoms with Crippen LogP contribution in [-0.2, 0) is 4.79 Å². The third-order valence-corrected chi connectivity index (χ3v) is 3.81. The van der Waals surface area contributed by atoms with Crippen LogP contribution in [0, 0.1) is 5.41 Å². The molecule has 1 saturated heterocycles. The first-order valence-corrected chi connectivity index (χ1v) is 6.90. The second-order valence-corrected chi connectivity index (χ2v) is 6.86. The van der Waals surface area contributed by atoms with Crippen LogP contribution in [0.25, 0.3) is 0 Å². The van der Waals surface area contributed by atoms with E-state index in [1.165, 1.54) is 0 Å². The lowest BCUT2D eigenvalue weighted by atomic mass is 9.83. The van der Waals surface area contributed by atoms with E-state index < -0.39 is 11.5 Å². The quantitative estimate of drug-likeness (QED) is 0.824. The van der Waals surface area contributed by atoms with Gasteiger partial charge in [-0.05, 0) is 38.5 Å². The lowest BCUT2D eigenvalue weighted by Gasteiger charge is -2.38. The number of carbonyl (C=O) groups is 2. The molecule has 1 rings (SSSR count). The van der Waals surface area contributed by atoms with E-state index in [2.05, 4.69) is 19.2 Å². The maximum atomic E-state index is 12.1. The SMILES string of the molecule is CC1(C)CCN(C(=O)NC(C)(C)CCC(=O)O)CC1. The standard InChI is InChI=1S/C14H26N2O3/c1-13(2)7-9-16(10-8-13)12(19)15-14(3,4)6-5-11(17)18/h5-10H2,1-4H3,(H,15,19)(H,17,18).